The molecule has 20 heavy (non-hydrogen) atoms. The number of rotatable bonds is 4. The van der Waals surface area contributed by atoms with Crippen molar-refractivity contribution in [3.8, 4) is 0 Å². The molecule has 2 aromatic rings. The number of aromatic nitrogens is 3. The molecular weight excluding hydrogens is 256 g/mol. The molecule has 0 unspecified atom stereocenters. The predicted octanol–water partition coefficient (Wildman–Crippen LogP) is 2.34. The highest BCUT2D eigenvalue weighted by molar-refractivity contribution is 5.88. The number of hydrogen-bond acceptors (Lipinski definition) is 4. The zero-order valence-electron chi connectivity index (χ0n) is 11.8. The third-order valence-corrected chi connectivity index (χ3v) is 2.81. The van der Waals surface area contributed by atoms with Gasteiger partial charge in [0.15, 0.2) is 0 Å². The molecule has 1 aromatic heterocycles. The lowest BCUT2D eigenvalue weighted by molar-refractivity contribution is 0.0697. The maximum absolute atomic E-state index is 10.9. The normalized spacial score (nSPS) is 11.3. The van der Waals surface area contributed by atoms with Gasteiger partial charge in [-0.25, -0.2) is 9.48 Å². The van der Waals surface area contributed by atoms with Crippen molar-refractivity contribution < 1.29 is 9.90 Å². The molecule has 1 heterocycles. The third-order valence-electron chi connectivity index (χ3n) is 2.81. The van der Waals surface area contributed by atoms with Crippen LogP contribution in [0.15, 0.2) is 30.5 Å². The average Bonchev–Trinajstić information content (AvgIpc) is 2.85. The van der Waals surface area contributed by atoms with Crippen LogP contribution in [0.25, 0.3) is 0 Å². The van der Waals surface area contributed by atoms with Gasteiger partial charge in [-0.1, -0.05) is 11.3 Å². The summed E-state index contributed by atoms with van der Waals surface area (Å²) in [5, 5.41) is 20.2. The summed E-state index contributed by atoms with van der Waals surface area (Å²) in [6.45, 7) is 6.65. The van der Waals surface area contributed by atoms with Crippen molar-refractivity contribution >= 4 is 11.7 Å². The Hall–Kier alpha value is -2.37. The highest BCUT2D eigenvalue weighted by atomic mass is 16.4. The second kappa shape index (κ2) is 5.32. The standard InChI is InChI=1S/C14H18N4O2/c1-14(2,3)18-9-12(16-17-18)8-15-11-6-4-5-10(7-11)13(19)20/h4-7,9,15H,8H2,1-3H3,(H,19,20). The van der Waals surface area contributed by atoms with Crippen molar-refractivity contribution in [3.05, 3.63) is 41.7 Å². The second-order valence-electron chi connectivity index (χ2n) is 5.56. The molecule has 0 fully saturated rings. The van der Waals surface area contributed by atoms with E-state index in [-0.39, 0.29) is 11.1 Å². The monoisotopic (exact) mass is 274 g/mol. The number of carboxylic acids is 1. The summed E-state index contributed by atoms with van der Waals surface area (Å²) in [6.07, 6.45) is 1.88. The molecule has 0 saturated carbocycles. The van der Waals surface area contributed by atoms with E-state index in [1.54, 1.807) is 22.9 Å². The van der Waals surface area contributed by atoms with E-state index in [1.807, 2.05) is 12.3 Å². The number of anilines is 1. The maximum Gasteiger partial charge on any atom is 0.335 e. The fourth-order valence-corrected chi connectivity index (χ4v) is 1.66. The minimum atomic E-state index is -0.938. The number of nitrogens with one attached hydrogen (secondary N) is 1. The molecule has 1 aromatic carbocycles. The molecule has 2 N–H and O–H groups in total. The molecule has 0 bridgehead atoms. The Bertz CT molecular complexity index is 614. The molecule has 0 amide bonds. The van der Waals surface area contributed by atoms with E-state index < -0.39 is 5.97 Å². The summed E-state index contributed by atoms with van der Waals surface area (Å²) < 4.78 is 1.80. The lowest BCUT2D eigenvalue weighted by Gasteiger charge is -2.17. The largest absolute Gasteiger partial charge is 0.478 e. The summed E-state index contributed by atoms with van der Waals surface area (Å²) in [4.78, 5) is 10.9. The molecule has 2 rings (SSSR count). The van der Waals surface area contributed by atoms with E-state index in [9.17, 15) is 4.79 Å². The van der Waals surface area contributed by atoms with E-state index in [1.165, 1.54) is 0 Å². The molecule has 106 valence electrons. The van der Waals surface area contributed by atoms with E-state index in [0.29, 0.717) is 6.54 Å². The Morgan fingerprint density at radius 2 is 2.15 bits per heavy atom. The number of carboxylic acid groups (broad SMARTS) is 1. The number of aromatic carboxylic acids is 1. The van der Waals surface area contributed by atoms with Gasteiger partial charge in [0.25, 0.3) is 0 Å². The Kier molecular flexibility index (Phi) is 3.74. The topological polar surface area (TPSA) is 80.0 Å². The predicted molar refractivity (Wildman–Crippen MR) is 75.7 cm³/mol. The van der Waals surface area contributed by atoms with Crippen LogP contribution in [0.2, 0.25) is 0 Å². The molecule has 0 atom stereocenters. The van der Waals surface area contributed by atoms with Crippen LogP contribution in [-0.4, -0.2) is 26.1 Å². The van der Waals surface area contributed by atoms with Crippen molar-refractivity contribution in [2.24, 2.45) is 0 Å². The third kappa shape index (κ3) is 3.34. The van der Waals surface area contributed by atoms with Crippen molar-refractivity contribution in [1.29, 1.82) is 0 Å². The Morgan fingerprint density at radius 1 is 1.40 bits per heavy atom. The van der Waals surface area contributed by atoms with Crippen molar-refractivity contribution in [1.82, 2.24) is 15.0 Å². The zero-order valence-corrected chi connectivity index (χ0v) is 11.8. The maximum atomic E-state index is 10.9. The molecule has 0 spiro atoms. The van der Waals surface area contributed by atoms with Gasteiger partial charge in [-0.3, -0.25) is 0 Å². The first-order valence-electron chi connectivity index (χ1n) is 6.35. The van der Waals surface area contributed by atoms with Gasteiger partial charge >= 0.3 is 5.97 Å². The van der Waals surface area contributed by atoms with Crippen LogP contribution in [0.5, 0.6) is 0 Å². The summed E-state index contributed by atoms with van der Waals surface area (Å²) >= 11 is 0. The van der Waals surface area contributed by atoms with Crippen LogP contribution >= 0.6 is 0 Å². The molecule has 6 nitrogen and oxygen atoms in total. The number of carbonyl (C=O) groups is 1. The average molecular weight is 274 g/mol. The summed E-state index contributed by atoms with van der Waals surface area (Å²) in [5.41, 5.74) is 1.71. The highest BCUT2D eigenvalue weighted by Gasteiger charge is 2.14. The molecule has 0 saturated heterocycles. The van der Waals surface area contributed by atoms with Gasteiger partial charge in [-0.05, 0) is 39.0 Å². The number of benzene rings is 1. The van der Waals surface area contributed by atoms with Crippen LogP contribution in [0, 0.1) is 0 Å². The van der Waals surface area contributed by atoms with Gasteiger partial charge in [-0.2, -0.15) is 0 Å². The summed E-state index contributed by atoms with van der Waals surface area (Å²) in [7, 11) is 0. The van der Waals surface area contributed by atoms with Crippen LogP contribution in [0.1, 0.15) is 36.8 Å². The summed E-state index contributed by atoms with van der Waals surface area (Å²) in [5.74, 6) is -0.938. The first kappa shape index (κ1) is 14.0. The molecule has 0 aliphatic rings. The van der Waals surface area contributed by atoms with E-state index >= 15 is 0 Å². The lowest BCUT2D eigenvalue weighted by Crippen LogP contribution is -2.22. The number of nitrogens with zero attached hydrogens (tertiary/aromatic N) is 3. The summed E-state index contributed by atoms with van der Waals surface area (Å²) in [6, 6.07) is 6.68. The molecule has 0 radical (unpaired) electrons. The first-order valence-corrected chi connectivity index (χ1v) is 6.35. The van der Waals surface area contributed by atoms with Gasteiger partial charge in [0.2, 0.25) is 0 Å². The fraction of sp³-hybridized carbons (Fsp3) is 0.357. The Morgan fingerprint density at radius 3 is 2.75 bits per heavy atom. The Balaban J connectivity index is 2.04. The Labute approximate surface area is 117 Å². The minimum Gasteiger partial charge on any atom is -0.478 e. The number of hydrogen-bond donors (Lipinski definition) is 2. The van der Waals surface area contributed by atoms with Crippen LogP contribution in [-0.2, 0) is 12.1 Å². The molecule has 0 aliphatic carbocycles. The fourth-order valence-electron chi connectivity index (χ4n) is 1.66. The SMILES string of the molecule is CC(C)(C)n1cc(CNc2cccc(C(=O)O)c2)nn1. The van der Waals surface area contributed by atoms with Crippen LogP contribution < -0.4 is 5.32 Å². The van der Waals surface area contributed by atoms with Gasteiger partial charge in [0, 0.05) is 5.69 Å². The minimum absolute atomic E-state index is 0.103. The smallest absolute Gasteiger partial charge is 0.335 e. The van der Waals surface area contributed by atoms with Crippen LogP contribution in [0.4, 0.5) is 5.69 Å². The molecule has 6 heteroatoms. The van der Waals surface area contributed by atoms with E-state index in [0.717, 1.165) is 11.4 Å². The highest BCUT2D eigenvalue weighted by Crippen LogP contribution is 2.14. The van der Waals surface area contributed by atoms with Gasteiger partial charge in [0.05, 0.1) is 23.8 Å². The quantitative estimate of drug-likeness (QED) is 0.894. The van der Waals surface area contributed by atoms with E-state index in [4.69, 9.17) is 5.11 Å². The van der Waals surface area contributed by atoms with Gasteiger partial charge in [-0.15, -0.1) is 5.10 Å². The van der Waals surface area contributed by atoms with Crippen molar-refractivity contribution in [2.75, 3.05) is 5.32 Å². The van der Waals surface area contributed by atoms with Crippen molar-refractivity contribution in [3.63, 3.8) is 0 Å². The first-order chi connectivity index (χ1) is 9.36. The van der Waals surface area contributed by atoms with Crippen LogP contribution in [0.3, 0.4) is 0 Å². The second-order valence-corrected chi connectivity index (χ2v) is 5.56. The van der Waals surface area contributed by atoms with E-state index in [2.05, 4.69) is 36.4 Å². The van der Waals surface area contributed by atoms with Gasteiger partial charge in [0.1, 0.15) is 5.69 Å². The molecule has 0 aliphatic heterocycles. The zero-order chi connectivity index (χ0) is 14.8. The molecular formula is C14H18N4O2. The lowest BCUT2D eigenvalue weighted by atomic mass is 10.1. The van der Waals surface area contributed by atoms with Gasteiger partial charge < -0.3 is 10.4 Å². The van der Waals surface area contributed by atoms with Crippen molar-refractivity contribution in [2.45, 2.75) is 32.9 Å².